The maximum absolute atomic E-state index is 14.0. The molecule has 0 aromatic heterocycles. The Hall–Kier alpha value is -1.78. The van der Waals surface area contributed by atoms with Crippen molar-refractivity contribution in [2.24, 2.45) is 11.8 Å². The topological polar surface area (TPSA) is 64.3 Å². The molecule has 3 N–H and O–H groups in total. The molecule has 5 heteroatoms. The molecule has 0 unspecified atom stereocenters. The van der Waals surface area contributed by atoms with Gasteiger partial charge in [-0.2, -0.15) is 0 Å². The van der Waals surface area contributed by atoms with Crippen LogP contribution < -0.4 is 11.1 Å². The summed E-state index contributed by atoms with van der Waals surface area (Å²) in [7, 11) is 1.29. The number of rotatable bonds is 5. The number of anilines is 2. The van der Waals surface area contributed by atoms with Crippen LogP contribution >= 0.6 is 0 Å². The quantitative estimate of drug-likeness (QED) is 0.642. The molecule has 0 aliphatic heterocycles. The van der Waals surface area contributed by atoms with E-state index in [0.717, 1.165) is 0 Å². The predicted octanol–water partition coefficient (Wildman–Crippen LogP) is 2.79. The monoisotopic (exact) mass is 278 g/mol. The van der Waals surface area contributed by atoms with Crippen LogP contribution in [0.2, 0.25) is 0 Å². The van der Waals surface area contributed by atoms with Crippen LogP contribution in [0.25, 0.3) is 0 Å². The smallest absolute Gasteiger partial charge is 0.340 e. The minimum atomic E-state index is -0.542. The van der Waals surface area contributed by atoms with Gasteiger partial charge in [-0.3, -0.25) is 0 Å². The standard InChI is InChI=1S/C15H19FN2O2/c1-20-15(19)10-6-13(11(16)7-12(10)17)18-14(8-2-3-8)9-4-5-9/h6-9,14,18H,2-5,17H2,1H3. The maximum atomic E-state index is 14.0. The molecule has 0 radical (unpaired) electrons. The van der Waals surface area contributed by atoms with Crippen molar-refractivity contribution in [1.82, 2.24) is 0 Å². The molecule has 108 valence electrons. The van der Waals surface area contributed by atoms with E-state index in [1.807, 2.05) is 0 Å². The Labute approximate surface area is 117 Å². The largest absolute Gasteiger partial charge is 0.465 e. The highest BCUT2D eigenvalue weighted by Gasteiger charge is 2.41. The predicted molar refractivity (Wildman–Crippen MR) is 75.0 cm³/mol. The summed E-state index contributed by atoms with van der Waals surface area (Å²) in [5.41, 5.74) is 6.34. The van der Waals surface area contributed by atoms with Gasteiger partial charge in [0, 0.05) is 11.7 Å². The number of nitrogens with two attached hydrogens (primary N) is 1. The number of ether oxygens (including phenoxy) is 1. The molecule has 1 aromatic carbocycles. The van der Waals surface area contributed by atoms with Gasteiger partial charge in [-0.25, -0.2) is 9.18 Å². The molecule has 0 bridgehead atoms. The van der Waals surface area contributed by atoms with Crippen molar-refractivity contribution in [1.29, 1.82) is 0 Å². The van der Waals surface area contributed by atoms with Gasteiger partial charge >= 0.3 is 5.97 Å². The third kappa shape index (κ3) is 2.57. The van der Waals surface area contributed by atoms with Gasteiger partial charge < -0.3 is 15.8 Å². The van der Waals surface area contributed by atoms with E-state index < -0.39 is 11.8 Å². The van der Waals surface area contributed by atoms with E-state index in [1.165, 1.54) is 44.9 Å². The van der Waals surface area contributed by atoms with Crippen LogP contribution in [0.3, 0.4) is 0 Å². The Kier molecular flexibility index (Phi) is 3.28. The van der Waals surface area contributed by atoms with E-state index in [0.29, 0.717) is 23.6 Å². The van der Waals surface area contributed by atoms with Gasteiger partial charge in [0.05, 0.1) is 18.4 Å². The summed E-state index contributed by atoms with van der Waals surface area (Å²) in [5.74, 6) is 0.323. The van der Waals surface area contributed by atoms with E-state index in [1.54, 1.807) is 0 Å². The first kappa shape index (κ1) is 13.2. The van der Waals surface area contributed by atoms with Crippen LogP contribution in [0.5, 0.6) is 0 Å². The van der Waals surface area contributed by atoms with Crippen LogP contribution in [-0.2, 0) is 4.74 Å². The lowest BCUT2D eigenvalue weighted by Gasteiger charge is -2.20. The van der Waals surface area contributed by atoms with Gasteiger partial charge in [0.25, 0.3) is 0 Å². The first-order chi connectivity index (χ1) is 9.60. The highest BCUT2D eigenvalue weighted by molar-refractivity contribution is 5.96. The van der Waals surface area contributed by atoms with E-state index in [2.05, 4.69) is 10.1 Å². The lowest BCUT2D eigenvalue weighted by atomic mass is 10.1. The van der Waals surface area contributed by atoms with E-state index >= 15 is 0 Å². The Morgan fingerprint density at radius 2 is 1.95 bits per heavy atom. The number of halogens is 1. The fourth-order valence-electron chi connectivity index (χ4n) is 2.70. The number of carbonyl (C=O) groups is 1. The number of nitrogens with one attached hydrogen (secondary N) is 1. The molecule has 0 saturated heterocycles. The minimum absolute atomic E-state index is 0.106. The van der Waals surface area contributed by atoms with Gasteiger partial charge in [0.2, 0.25) is 0 Å². The van der Waals surface area contributed by atoms with Crippen molar-refractivity contribution in [2.45, 2.75) is 31.7 Å². The van der Waals surface area contributed by atoms with Crippen molar-refractivity contribution >= 4 is 17.3 Å². The Morgan fingerprint density at radius 1 is 1.35 bits per heavy atom. The average Bonchev–Trinajstić information content (AvgIpc) is 3.28. The zero-order valence-electron chi connectivity index (χ0n) is 11.5. The lowest BCUT2D eigenvalue weighted by molar-refractivity contribution is 0.0602. The molecule has 4 nitrogen and oxygen atoms in total. The Morgan fingerprint density at radius 3 is 2.45 bits per heavy atom. The van der Waals surface area contributed by atoms with Crippen molar-refractivity contribution in [3.8, 4) is 0 Å². The minimum Gasteiger partial charge on any atom is -0.465 e. The van der Waals surface area contributed by atoms with Crippen molar-refractivity contribution in [2.75, 3.05) is 18.2 Å². The molecule has 0 spiro atoms. The van der Waals surface area contributed by atoms with Crippen LogP contribution in [0.4, 0.5) is 15.8 Å². The first-order valence-electron chi connectivity index (χ1n) is 7.04. The average molecular weight is 278 g/mol. The molecular formula is C15H19FN2O2. The number of hydrogen-bond acceptors (Lipinski definition) is 4. The molecule has 20 heavy (non-hydrogen) atoms. The van der Waals surface area contributed by atoms with E-state index in [4.69, 9.17) is 5.73 Å². The van der Waals surface area contributed by atoms with Crippen molar-refractivity contribution in [3.05, 3.63) is 23.5 Å². The maximum Gasteiger partial charge on any atom is 0.340 e. The van der Waals surface area contributed by atoms with Crippen molar-refractivity contribution < 1.29 is 13.9 Å². The molecular weight excluding hydrogens is 259 g/mol. The number of hydrogen-bond donors (Lipinski definition) is 2. The third-order valence-electron chi connectivity index (χ3n) is 4.13. The molecule has 1 aromatic rings. The second-order valence-corrected chi connectivity index (χ2v) is 5.76. The summed E-state index contributed by atoms with van der Waals surface area (Å²) in [6, 6.07) is 2.97. The summed E-state index contributed by atoms with van der Waals surface area (Å²) in [6.07, 6.45) is 4.81. The van der Waals surface area contributed by atoms with Crippen LogP contribution in [0, 0.1) is 17.7 Å². The van der Waals surface area contributed by atoms with Crippen LogP contribution in [0.1, 0.15) is 36.0 Å². The number of nitrogen functional groups attached to an aromatic ring is 1. The molecule has 2 fully saturated rings. The zero-order chi connectivity index (χ0) is 14.3. The SMILES string of the molecule is COC(=O)c1cc(NC(C2CC2)C2CC2)c(F)cc1N. The normalized spacial score (nSPS) is 18.1. The van der Waals surface area contributed by atoms with Gasteiger partial charge in [0.1, 0.15) is 5.82 Å². The molecule has 3 rings (SSSR count). The summed E-state index contributed by atoms with van der Waals surface area (Å²) in [5, 5.41) is 3.28. The van der Waals surface area contributed by atoms with Gasteiger partial charge in [-0.15, -0.1) is 0 Å². The molecule has 0 atom stereocenters. The Balaban J connectivity index is 1.85. The number of carbonyl (C=O) groups excluding carboxylic acids is 1. The van der Waals surface area contributed by atoms with Crippen LogP contribution in [-0.4, -0.2) is 19.1 Å². The van der Waals surface area contributed by atoms with Crippen molar-refractivity contribution in [3.63, 3.8) is 0 Å². The fourth-order valence-corrected chi connectivity index (χ4v) is 2.70. The summed E-state index contributed by atoms with van der Waals surface area (Å²) >= 11 is 0. The molecule has 0 amide bonds. The zero-order valence-corrected chi connectivity index (χ0v) is 11.5. The third-order valence-corrected chi connectivity index (χ3v) is 4.13. The number of benzene rings is 1. The number of methoxy groups -OCH3 is 1. The molecule has 2 aliphatic carbocycles. The molecule has 2 aliphatic rings. The first-order valence-corrected chi connectivity index (χ1v) is 7.04. The summed E-state index contributed by atoms with van der Waals surface area (Å²) in [4.78, 5) is 11.6. The lowest BCUT2D eigenvalue weighted by Crippen LogP contribution is -2.25. The fraction of sp³-hybridized carbons (Fsp3) is 0.533. The number of esters is 1. The highest BCUT2D eigenvalue weighted by atomic mass is 19.1. The highest BCUT2D eigenvalue weighted by Crippen LogP contribution is 2.46. The van der Waals surface area contributed by atoms with Gasteiger partial charge in [-0.1, -0.05) is 0 Å². The summed E-state index contributed by atoms with van der Waals surface area (Å²) < 4.78 is 18.7. The van der Waals surface area contributed by atoms with E-state index in [-0.39, 0.29) is 11.3 Å². The van der Waals surface area contributed by atoms with Gasteiger partial charge in [-0.05, 0) is 49.7 Å². The molecule has 0 heterocycles. The second kappa shape index (κ2) is 4.96. The van der Waals surface area contributed by atoms with Gasteiger partial charge in [0.15, 0.2) is 0 Å². The molecule has 2 saturated carbocycles. The van der Waals surface area contributed by atoms with E-state index in [9.17, 15) is 9.18 Å². The summed E-state index contributed by atoms with van der Waals surface area (Å²) in [6.45, 7) is 0. The van der Waals surface area contributed by atoms with Crippen LogP contribution in [0.15, 0.2) is 12.1 Å². The second-order valence-electron chi connectivity index (χ2n) is 5.76. The Bertz CT molecular complexity index is 527.